The van der Waals surface area contributed by atoms with E-state index in [9.17, 15) is 4.79 Å². The Bertz CT molecular complexity index is 346. The van der Waals surface area contributed by atoms with Crippen LogP contribution >= 0.6 is 11.6 Å². The zero-order valence-electron chi connectivity index (χ0n) is 7.67. The topological polar surface area (TPSA) is 34.9 Å². The Kier molecular flexibility index (Phi) is 1.74. The molecule has 1 aliphatic rings. The van der Waals surface area contributed by atoms with Crippen LogP contribution < -0.4 is 0 Å². The highest BCUT2D eigenvalue weighted by Crippen LogP contribution is 2.50. The molecule has 1 heterocycles. The van der Waals surface area contributed by atoms with Crippen molar-refractivity contribution in [2.75, 3.05) is 0 Å². The van der Waals surface area contributed by atoms with Gasteiger partial charge in [0, 0.05) is 7.05 Å². The zero-order valence-corrected chi connectivity index (χ0v) is 8.43. The summed E-state index contributed by atoms with van der Waals surface area (Å²) in [5.41, 5.74) is 0.559. The number of rotatable bonds is 2. The van der Waals surface area contributed by atoms with Crippen LogP contribution in [0.25, 0.3) is 0 Å². The molecule has 0 spiro atoms. The second-order valence-corrected chi connectivity index (χ2v) is 3.99. The van der Waals surface area contributed by atoms with E-state index in [1.165, 1.54) is 0 Å². The third kappa shape index (κ3) is 1.10. The first kappa shape index (κ1) is 8.75. The molecule has 0 aromatic carbocycles. The quantitative estimate of drug-likeness (QED) is 0.725. The van der Waals surface area contributed by atoms with Gasteiger partial charge < -0.3 is 4.57 Å². The number of halogens is 1. The molecular formula is C9H11ClN2O. The summed E-state index contributed by atoms with van der Waals surface area (Å²) in [4.78, 5) is 15.4. The molecule has 1 fully saturated rings. The van der Waals surface area contributed by atoms with Gasteiger partial charge in [0.25, 0.3) is 0 Å². The molecule has 0 radical (unpaired) electrons. The summed E-state index contributed by atoms with van der Waals surface area (Å²) in [5, 5.41) is 0.468. The SMILES string of the molecule is CC(=O)C1(c2c(Cl)ncn2C)CC1. The largest absolute Gasteiger partial charge is 0.335 e. The Morgan fingerprint density at radius 2 is 2.31 bits per heavy atom. The third-order valence-electron chi connectivity index (χ3n) is 2.77. The van der Waals surface area contributed by atoms with Gasteiger partial charge in [0.15, 0.2) is 5.15 Å². The fourth-order valence-electron chi connectivity index (χ4n) is 1.82. The van der Waals surface area contributed by atoms with E-state index in [0.29, 0.717) is 5.15 Å². The molecule has 2 rings (SSSR count). The van der Waals surface area contributed by atoms with Crippen molar-refractivity contribution >= 4 is 17.4 Å². The highest BCUT2D eigenvalue weighted by molar-refractivity contribution is 6.30. The highest BCUT2D eigenvalue weighted by atomic mass is 35.5. The maximum absolute atomic E-state index is 11.4. The van der Waals surface area contributed by atoms with Crippen molar-refractivity contribution in [2.24, 2.45) is 7.05 Å². The number of hydrogen-bond donors (Lipinski definition) is 0. The van der Waals surface area contributed by atoms with Crippen molar-refractivity contribution in [1.82, 2.24) is 9.55 Å². The summed E-state index contributed by atoms with van der Waals surface area (Å²) < 4.78 is 1.84. The van der Waals surface area contributed by atoms with Gasteiger partial charge in [-0.25, -0.2) is 4.98 Å². The number of aryl methyl sites for hydroxylation is 1. The third-order valence-corrected chi connectivity index (χ3v) is 3.05. The lowest BCUT2D eigenvalue weighted by Gasteiger charge is -2.12. The lowest BCUT2D eigenvalue weighted by Crippen LogP contribution is -2.20. The van der Waals surface area contributed by atoms with Crippen LogP contribution in [0.5, 0.6) is 0 Å². The first-order valence-electron chi connectivity index (χ1n) is 4.26. The first-order valence-corrected chi connectivity index (χ1v) is 4.64. The van der Waals surface area contributed by atoms with E-state index in [4.69, 9.17) is 11.6 Å². The number of nitrogens with zero attached hydrogens (tertiary/aromatic N) is 2. The number of imidazole rings is 1. The second-order valence-electron chi connectivity index (χ2n) is 3.63. The molecule has 0 saturated heterocycles. The van der Waals surface area contributed by atoms with E-state index in [1.54, 1.807) is 13.3 Å². The standard InChI is InChI=1S/C9H11ClN2O/c1-6(13)9(3-4-9)7-8(10)11-5-12(7)2/h5H,3-4H2,1-2H3. The Morgan fingerprint density at radius 3 is 2.62 bits per heavy atom. The molecule has 4 heteroatoms. The van der Waals surface area contributed by atoms with E-state index in [0.717, 1.165) is 18.5 Å². The van der Waals surface area contributed by atoms with E-state index in [-0.39, 0.29) is 11.2 Å². The van der Waals surface area contributed by atoms with Crippen molar-refractivity contribution in [3.05, 3.63) is 17.2 Å². The van der Waals surface area contributed by atoms with Crippen LogP contribution in [0.3, 0.4) is 0 Å². The minimum Gasteiger partial charge on any atom is -0.335 e. The molecule has 70 valence electrons. The summed E-state index contributed by atoms with van der Waals surface area (Å²) in [6, 6.07) is 0. The summed E-state index contributed by atoms with van der Waals surface area (Å²) in [5.74, 6) is 0.193. The van der Waals surface area contributed by atoms with Gasteiger partial charge in [-0.1, -0.05) is 11.6 Å². The summed E-state index contributed by atoms with van der Waals surface area (Å²) in [6.07, 6.45) is 3.46. The van der Waals surface area contributed by atoms with Crippen molar-refractivity contribution in [2.45, 2.75) is 25.2 Å². The molecule has 1 saturated carbocycles. The number of ketones is 1. The molecule has 0 unspecified atom stereocenters. The van der Waals surface area contributed by atoms with Crippen LogP contribution in [0.15, 0.2) is 6.33 Å². The summed E-state index contributed by atoms with van der Waals surface area (Å²) in [7, 11) is 1.87. The normalized spacial score (nSPS) is 18.7. The number of carbonyl (C=O) groups excluding carboxylic acids is 1. The smallest absolute Gasteiger partial charge is 0.151 e. The Balaban J connectivity index is 2.51. The van der Waals surface area contributed by atoms with Gasteiger partial charge >= 0.3 is 0 Å². The molecule has 0 atom stereocenters. The number of aromatic nitrogens is 2. The molecule has 3 nitrogen and oxygen atoms in total. The van der Waals surface area contributed by atoms with Gasteiger partial charge in [-0.05, 0) is 19.8 Å². The predicted octanol–water partition coefficient (Wildman–Crippen LogP) is 1.69. The van der Waals surface area contributed by atoms with Gasteiger partial charge in [-0.15, -0.1) is 0 Å². The highest BCUT2D eigenvalue weighted by Gasteiger charge is 2.52. The van der Waals surface area contributed by atoms with Crippen molar-refractivity contribution < 1.29 is 4.79 Å². The van der Waals surface area contributed by atoms with Crippen LogP contribution in [0, 0.1) is 0 Å². The molecule has 1 aromatic heterocycles. The van der Waals surface area contributed by atoms with Gasteiger partial charge in [-0.3, -0.25) is 4.79 Å². The molecule has 1 aromatic rings. The molecule has 0 aliphatic heterocycles. The fourth-order valence-corrected chi connectivity index (χ4v) is 2.18. The zero-order chi connectivity index (χ0) is 9.64. The summed E-state index contributed by atoms with van der Waals surface area (Å²) >= 11 is 5.93. The molecule has 1 aliphatic carbocycles. The van der Waals surface area contributed by atoms with Gasteiger partial charge in [0.05, 0.1) is 17.4 Å². The minimum absolute atomic E-state index is 0.193. The number of hydrogen-bond acceptors (Lipinski definition) is 2. The Hall–Kier alpha value is -0.830. The van der Waals surface area contributed by atoms with Gasteiger partial charge in [0.1, 0.15) is 5.78 Å². The van der Waals surface area contributed by atoms with E-state index < -0.39 is 0 Å². The van der Waals surface area contributed by atoms with E-state index in [1.807, 2.05) is 11.6 Å². The molecular weight excluding hydrogens is 188 g/mol. The molecule has 0 bridgehead atoms. The van der Waals surface area contributed by atoms with Crippen LogP contribution in [-0.2, 0) is 17.3 Å². The maximum atomic E-state index is 11.4. The predicted molar refractivity (Wildman–Crippen MR) is 49.8 cm³/mol. The lowest BCUT2D eigenvalue weighted by atomic mass is 9.98. The average molecular weight is 199 g/mol. The molecule has 0 amide bonds. The first-order chi connectivity index (χ1) is 6.08. The molecule has 0 N–H and O–H groups in total. The van der Waals surface area contributed by atoms with Crippen LogP contribution in [0.2, 0.25) is 5.15 Å². The monoisotopic (exact) mass is 198 g/mol. The average Bonchev–Trinajstić information content (AvgIpc) is 2.77. The van der Waals surface area contributed by atoms with Crippen molar-refractivity contribution in [3.63, 3.8) is 0 Å². The second kappa shape index (κ2) is 2.58. The summed E-state index contributed by atoms with van der Waals surface area (Å²) in [6.45, 7) is 1.62. The van der Waals surface area contributed by atoms with Crippen molar-refractivity contribution in [3.8, 4) is 0 Å². The fraction of sp³-hybridized carbons (Fsp3) is 0.556. The van der Waals surface area contributed by atoms with Crippen LogP contribution in [0.1, 0.15) is 25.5 Å². The van der Waals surface area contributed by atoms with E-state index in [2.05, 4.69) is 4.98 Å². The van der Waals surface area contributed by atoms with Gasteiger partial charge in [0.2, 0.25) is 0 Å². The number of carbonyl (C=O) groups is 1. The maximum Gasteiger partial charge on any atom is 0.151 e. The lowest BCUT2D eigenvalue weighted by molar-refractivity contribution is -0.119. The van der Waals surface area contributed by atoms with Crippen LogP contribution in [0.4, 0.5) is 0 Å². The van der Waals surface area contributed by atoms with E-state index >= 15 is 0 Å². The van der Waals surface area contributed by atoms with Crippen LogP contribution in [-0.4, -0.2) is 15.3 Å². The minimum atomic E-state index is -0.317. The van der Waals surface area contributed by atoms with Crippen molar-refractivity contribution in [1.29, 1.82) is 0 Å². The number of Topliss-reactive ketones (excluding diaryl/α,β-unsaturated/α-hetero) is 1. The Labute approximate surface area is 81.7 Å². The Morgan fingerprint density at radius 1 is 1.69 bits per heavy atom. The van der Waals surface area contributed by atoms with Gasteiger partial charge in [-0.2, -0.15) is 0 Å². The molecule has 13 heavy (non-hydrogen) atoms.